The van der Waals surface area contributed by atoms with Crippen molar-refractivity contribution in [2.75, 3.05) is 19.7 Å². The Morgan fingerprint density at radius 2 is 2.00 bits per heavy atom. The number of carbonyl (C=O) groups excluding carboxylic acids is 1. The van der Waals surface area contributed by atoms with E-state index in [4.69, 9.17) is 0 Å². The minimum atomic E-state index is 0.275. The number of fused-ring (bicyclic) bond motifs is 5. The van der Waals surface area contributed by atoms with Crippen LogP contribution in [0.2, 0.25) is 0 Å². The summed E-state index contributed by atoms with van der Waals surface area (Å²) >= 11 is 0. The van der Waals surface area contributed by atoms with Gasteiger partial charge in [0, 0.05) is 18.5 Å². The van der Waals surface area contributed by atoms with Crippen LogP contribution in [0.4, 0.5) is 0 Å². The molecule has 0 amide bonds. The summed E-state index contributed by atoms with van der Waals surface area (Å²) < 4.78 is 0. The number of aliphatic hydroxyl groups excluding tert-OH is 1. The second-order valence-corrected chi connectivity index (χ2v) is 9.22. The van der Waals surface area contributed by atoms with Gasteiger partial charge in [0.25, 0.3) is 0 Å². The first-order chi connectivity index (χ1) is 11.5. The molecular formula is C21H33NO2. The lowest BCUT2D eigenvalue weighted by Crippen LogP contribution is -2.63. The van der Waals surface area contributed by atoms with Crippen LogP contribution in [0, 0.1) is 23.2 Å². The first kappa shape index (κ1) is 16.8. The van der Waals surface area contributed by atoms with Crippen LogP contribution < -0.4 is 0 Å². The van der Waals surface area contributed by atoms with Crippen LogP contribution in [0.1, 0.15) is 65.2 Å². The Morgan fingerprint density at radius 3 is 2.79 bits per heavy atom. The number of carbonyl (C=O) groups is 1. The summed E-state index contributed by atoms with van der Waals surface area (Å²) in [7, 11) is 0. The van der Waals surface area contributed by atoms with Gasteiger partial charge >= 0.3 is 0 Å². The highest BCUT2D eigenvalue weighted by Crippen LogP contribution is 2.61. The first-order valence-electron chi connectivity index (χ1n) is 10.1. The number of hydrogen-bond acceptors (Lipinski definition) is 3. The summed E-state index contributed by atoms with van der Waals surface area (Å²) in [6, 6.07) is 0. The van der Waals surface area contributed by atoms with Crippen LogP contribution in [0.5, 0.6) is 0 Å². The molecule has 1 N–H and O–H groups in total. The van der Waals surface area contributed by atoms with Crippen molar-refractivity contribution < 1.29 is 9.90 Å². The highest BCUT2D eigenvalue weighted by Gasteiger charge is 2.57. The largest absolute Gasteiger partial charge is 0.395 e. The molecule has 3 heteroatoms. The Hall–Kier alpha value is -0.670. The second kappa shape index (κ2) is 5.95. The molecule has 0 spiro atoms. The van der Waals surface area contributed by atoms with Crippen molar-refractivity contribution >= 4 is 5.78 Å². The number of rotatable bonds is 2. The third-order valence-electron chi connectivity index (χ3n) is 8.35. The summed E-state index contributed by atoms with van der Waals surface area (Å²) in [5.74, 6) is 2.69. The molecule has 1 saturated heterocycles. The van der Waals surface area contributed by atoms with E-state index in [2.05, 4.69) is 18.7 Å². The molecule has 4 aliphatic rings. The minimum absolute atomic E-state index is 0.275. The zero-order chi connectivity index (χ0) is 16.9. The van der Waals surface area contributed by atoms with Crippen molar-refractivity contribution in [3.63, 3.8) is 0 Å². The van der Waals surface area contributed by atoms with Crippen LogP contribution in [0.15, 0.2) is 11.6 Å². The van der Waals surface area contributed by atoms with Gasteiger partial charge in [-0.05, 0) is 87.7 Å². The van der Waals surface area contributed by atoms with Crippen molar-refractivity contribution in [3.8, 4) is 0 Å². The summed E-state index contributed by atoms with van der Waals surface area (Å²) in [4.78, 5) is 14.5. The molecule has 0 radical (unpaired) electrons. The Kier molecular flexibility index (Phi) is 4.16. The van der Waals surface area contributed by atoms with Gasteiger partial charge in [-0.3, -0.25) is 9.69 Å². The van der Waals surface area contributed by atoms with E-state index < -0.39 is 0 Å². The molecule has 0 bridgehead atoms. The topological polar surface area (TPSA) is 40.5 Å². The number of allylic oxidation sites excluding steroid dienone is 2. The third-order valence-corrected chi connectivity index (χ3v) is 8.35. The Bertz CT molecular complexity index is 554. The third kappa shape index (κ3) is 2.34. The number of hydrogen-bond donors (Lipinski definition) is 1. The molecule has 1 aliphatic heterocycles. The van der Waals surface area contributed by atoms with E-state index in [1.54, 1.807) is 0 Å². The fourth-order valence-corrected chi connectivity index (χ4v) is 7.02. The summed E-state index contributed by atoms with van der Waals surface area (Å²) in [5.41, 5.74) is 2.02. The van der Waals surface area contributed by atoms with E-state index >= 15 is 0 Å². The number of likely N-dealkylation sites (tertiary alicyclic amines) is 1. The van der Waals surface area contributed by atoms with Crippen molar-refractivity contribution in [2.24, 2.45) is 23.2 Å². The maximum absolute atomic E-state index is 11.9. The molecule has 5 unspecified atom stereocenters. The minimum Gasteiger partial charge on any atom is -0.395 e. The van der Waals surface area contributed by atoms with Gasteiger partial charge in [0.15, 0.2) is 5.78 Å². The van der Waals surface area contributed by atoms with E-state index in [1.807, 2.05) is 6.08 Å². The van der Waals surface area contributed by atoms with Crippen LogP contribution >= 0.6 is 0 Å². The van der Waals surface area contributed by atoms with Gasteiger partial charge in [-0.15, -0.1) is 0 Å². The first-order valence-corrected chi connectivity index (χ1v) is 10.1. The van der Waals surface area contributed by atoms with Crippen LogP contribution in [-0.4, -0.2) is 41.0 Å². The van der Waals surface area contributed by atoms with Gasteiger partial charge in [-0.25, -0.2) is 0 Å². The number of nitrogens with zero attached hydrogens (tertiary/aromatic N) is 1. The van der Waals surface area contributed by atoms with E-state index in [0.717, 1.165) is 50.1 Å². The molecule has 134 valence electrons. The van der Waals surface area contributed by atoms with Gasteiger partial charge in [0.05, 0.1) is 6.61 Å². The fraction of sp³-hybridized carbons (Fsp3) is 0.857. The molecule has 1 heterocycles. The quantitative estimate of drug-likeness (QED) is 0.841. The lowest BCUT2D eigenvalue weighted by Gasteiger charge is -2.62. The molecule has 5 atom stereocenters. The summed E-state index contributed by atoms with van der Waals surface area (Å²) in [5, 5.41) is 9.49. The Labute approximate surface area is 146 Å². The molecule has 0 aromatic heterocycles. The van der Waals surface area contributed by atoms with Gasteiger partial charge in [-0.2, -0.15) is 0 Å². The lowest BCUT2D eigenvalue weighted by atomic mass is 9.47. The number of ketones is 1. The fourth-order valence-electron chi connectivity index (χ4n) is 7.02. The zero-order valence-corrected chi connectivity index (χ0v) is 15.4. The average molecular weight is 332 g/mol. The van der Waals surface area contributed by atoms with Crippen molar-refractivity contribution in [1.29, 1.82) is 0 Å². The maximum Gasteiger partial charge on any atom is 0.155 e. The van der Waals surface area contributed by atoms with Crippen LogP contribution in [-0.2, 0) is 4.79 Å². The number of aliphatic hydroxyl groups is 1. The van der Waals surface area contributed by atoms with Gasteiger partial charge < -0.3 is 5.11 Å². The van der Waals surface area contributed by atoms with E-state index in [-0.39, 0.29) is 17.6 Å². The van der Waals surface area contributed by atoms with Crippen LogP contribution in [0.3, 0.4) is 0 Å². The maximum atomic E-state index is 11.9. The predicted molar refractivity (Wildman–Crippen MR) is 95.7 cm³/mol. The second-order valence-electron chi connectivity index (χ2n) is 9.22. The Balaban J connectivity index is 1.64. The standard InChI is InChI=1S/C21H33NO2/c1-20-9-7-16(24)14-15(20)5-6-17-18(20)8-10-21(2)19(17)4-3-11-22(21)12-13-23/h14,17-19,23H,3-13H2,1-2H3. The van der Waals surface area contributed by atoms with Crippen molar-refractivity contribution in [1.82, 2.24) is 4.90 Å². The molecule has 2 saturated carbocycles. The molecule has 0 aromatic rings. The van der Waals surface area contributed by atoms with E-state index in [9.17, 15) is 9.90 Å². The molecule has 3 aliphatic carbocycles. The summed E-state index contributed by atoms with van der Waals surface area (Å²) in [6.45, 7) is 7.20. The van der Waals surface area contributed by atoms with Gasteiger partial charge in [0.2, 0.25) is 0 Å². The number of β-amino-alcohol motifs (C(OH)–C–C–N with tert-alkyl or cyclic N) is 1. The molecule has 0 aromatic carbocycles. The molecular weight excluding hydrogens is 298 g/mol. The van der Waals surface area contributed by atoms with Crippen molar-refractivity contribution in [3.05, 3.63) is 11.6 Å². The van der Waals surface area contributed by atoms with Crippen LogP contribution in [0.25, 0.3) is 0 Å². The summed E-state index contributed by atoms with van der Waals surface area (Å²) in [6.07, 6.45) is 11.4. The predicted octanol–water partition coefficient (Wildman–Crippen LogP) is 3.57. The van der Waals surface area contributed by atoms with Gasteiger partial charge in [-0.1, -0.05) is 12.5 Å². The molecule has 4 rings (SSSR count). The van der Waals surface area contributed by atoms with E-state index in [1.165, 1.54) is 37.7 Å². The van der Waals surface area contributed by atoms with Gasteiger partial charge in [0.1, 0.15) is 0 Å². The molecule has 3 nitrogen and oxygen atoms in total. The van der Waals surface area contributed by atoms with E-state index in [0.29, 0.717) is 5.78 Å². The smallest absolute Gasteiger partial charge is 0.155 e. The highest BCUT2D eigenvalue weighted by atomic mass is 16.3. The molecule has 24 heavy (non-hydrogen) atoms. The monoisotopic (exact) mass is 331 g/mol. The number of piperidine rings is 1. The van der Waals surface area contributed by atoms with Crippen molar-refractivity contribution in [2.45, 2.75) is 70.8 Å². The zero-order valence-electron chi connectivity index (χ0n) is 15.4. The SMILES string of the molecule is CC12CCC(=O)C=C1CCC1C2CCC2(C)C1CCCN2CCO. The molecule has 3 fully saturated rings. The highest BCUT2D eigenvalue weighted by molar-refractivity contribution is 5.91. The lowest BCUT2D eigenvalue weighted by molar-refractivity contribution is -0.121. The average Bonchev–Trinajstić information content (AvgIpc) is 2.56. The Morgan fingerprint density at radius 1 is 1.17 bits per heavy atom. The normalized spacial score (nSPS) is 45.9.